The van der Waals surface area contributed by atoms with Crippen LogP contribution < -0.4 is 10.2 Å². The van der Waals surface area contributed by atoms with Crippen molar-refractivity contribution < 1.29 is 5.11 Å². The molecule has 0 aromatic heterocycles. The van der Waals surface area contributed by atoms with Gasteiger partial charge in [-0.15, -0.1) is 0 Å². The second-order valence-electron chi connectivity index (χ2n) is 5.76. The van der Waals surface area contributed by atoms with Gasteiger partial charge < -0.3 is 15.3 Å². The molecule has 2 N–H and O–H groups in total. The van der Waals surface area contributed by atoms with Crippen LogP contribution in [0, 0.1) is 5.92 Å². The van der Waals surface area contributed by atoms with E-state index < -0.39 is 0 Å². The van der Waals surface area contributed by atoms with Crippen LogP contribution in [0.2, 0.25) is 0 Å². The fourth-order valence-electron chi connectivity index (χ4n) is 2.85. The molecule has 112 valence electrons. The van der Waals surface area contributed by atoms with E-state index in [4.69, 9.17) is 0 Å². The van der Waals surface area contributed by atoms with Gasteiger partial charge in [-0.3, -0.25) is 0 Å². The highest BCUT2D eigenvalue weighted by Crippen LogP contribution is 2.29. The van der Waals surface area contributed by atoms with E-state index in [1.165, 1.54) is 30.6 Å². The summed E-state index contributed by atoms with van der Waals surface area (Å²) in [5, 5.41) is 12.8. The minimum absolute atomic E-state index is 0.338. The lowest BCUT2D eigenvalue weighted by Crippen LogP contribution is -2.35. The predicted octanol–water partition coefficient (Wildman–Crippen LogP) is 3.50. The number of para-hydroxylation sites is 2. The zero-order chi connectivity index (χ0) is 14.2. The van der Waals surface area contributed by atoms with Gasteiger partial charge in [0.05, 0.1) is 11.4 Å². The van der Waals surface area contributed by atoms with Crippen molar-refractivity contribution >= 4 is 11.4 Å². The first-order chi connectivity index (χ1) is 9.85. The molecule has 1 aliphatic heterocycles. The highest BCUT2D eigenvalue weighted by molar-refractivity contribution is 5.70. The first kappa shape index (κ1) is 15.2. The summed E-state index contributed by atoms with van der Waals surface area (Å²) in [6.45, 7) is 5.74. The van der Waals surface area contributed by atoms with Crippen molar-refractivity contribution in [3.05, 3.63) is 24.3 Å². The van der Waals surface area contributed by atoms with Crippen molar-refractivity contribution in [1.29, 1.82) is 0 Å². The third-order valence-corrected chi connectivity index (χ3v) is 4.21. The molecule has 0 spiro atoms. The number of hydrogen-bond acceptors (Lipinski definition) is 3. The molecular weight excluding hydrogens is 248 g/mol. The minimum atomic E-state index is 0.338. The molecule has 0 bridgehead atoms. The molecule has 3 heteroatoms. The van der Waals surface area contributed by atoms with Gasteiger partial charge in [-0.05, 0) is 37.3 Å². The van der Waals surface area contributed by atoms with Gasteiger partial charge in [-0.1, -0.05) is 31.9 Å². The molecule has 0 aliphatic carbocycles. The summed E-state index contributed by atoms with van der Waals surface area (Å²) in [7, 11) is 0. The van der Waals surface area contributed by atoms with Gasteiger partial charge in [-0.2, -0.15) is 0 Å². The summed E-state index contributed by atoms with van der Waals surface area (Å²) in [6.07, 6.45) is 5.98. The van der Waals surface area contributed by atoms with Gasteiger partial charge in [0, 0.05) is 26.2 Å². The summed E-state index contributed by atoms with van der Waals surface area (Å²) in [5.41, 5.74) is 2.58. The normalized spacial score (nSPS) is 16.4. The second kappa shape index (κ2) is 8.15. The molecule has 1 saturated heterocycles. The number of unbranched alkanes of at least 4 members (excludes halogenated alkanes) is 2. The Balaban J connectivity index is 1.93. The number of aliphatic hydroxyl groups excluding tert-OH is 1. The molecule has 1 fully saturated rings. The van der Waals surface area contributed by atoms with Gasteiger partial charge in [0.25, 0.3) is 0 Å². The summed E-state index contributed by atoms with van der Waals surface area (Å²) in [4.78, 5) is 2.45. The van der Waals surface area contributed by atoms with Crippen LogP contribution in [-0.2, 0) is 0 Å². The van der Waals surface area contributed by atoms with Crippen LogP contribution in [0.15, 0.2) is 24.3 Å². The maximum Gasteiger partial charge on any atom is 0.0602 e. The molecule has 0 radical (unpaired) electrons. The van der Waals surface area contributed by atoms with Gasteiger partial charge in [0.1, 0.15) is 0 Å². The Bertz CT molecular complexity index is 386. The van der Waals surface area contributed by atoms with E-state index in [0.717, 1.165) is 32.5 Å². The smallest absolute Gasteiger partial charge is 0.0602 e. The maximum atomic E-state index is 9.24. The number of aliphatic hydroxyl groups is 1. The first-order valence-electron chi connectivity index (χ1n) is 8.04. The van der Waals surface area contributed by atoms with Crippen LogP contribution in [-0.4, -0.2) is 31.3 Å². The Morgan fingerprint density at radius 2 is 1.95 bits per heavy atom. The Hall–Kier alpha value is -1.22. The van der Waals surface area contributed by atoms with E-state index in [2.05, 4.69) is 41.4 Å². The average molecular weight is 276 g/mol. The Labute approximate surface area is 123 Å². The first-order valence-corrected chi connectivity index (χ1v) is 8.04. The van der Waals surface area contributed by atoms with Crippen LogP contribution in [0.1, 0.15) is 39.0 Å². The highest BCUT2D eigenvalue weighted by atomic mass is 16.3. The molecule has 0 saturated carbocycles. The van der Waals surface area contributed by atoms with Crippen LogP contribution in [0.5, 0.6) is 0 Å². The Kier molecular flexibility index (Phi) is 6.19. The average Bonchev–Trinajstić information content (AvgIpc) is 2.52. The van der Waals surface area contributed by atoms with Crippen molar-refractivity contribution in [3.8, 4) is 0 Å². The lowest BCUT2D eigenvalue weighted by molar-refractivity contribution is 0.203. The van der Waals surface area contributed by atoms with Gasteiger partial charge in [0.2, 0.25) is 0 Å². The molecule has 0 amide bonds. The van der Waals surface area contributed by atoms with Gasteiger partial charge >= 0.3 is 0 Å². The fraction of sp³-hybridized carbons (Fsp3) is 0.647. The third kappa shape index (κ3) is 4.14. The SMILES string of the molecule is CCCCCNc1ccccc1N1CCC(CO)CC1. The molecule has 1 aliphatic rings. The van der Waals surface area contributed by atoms with Crippen molar-refractivity contribution in [2.24, 2.45) is 5.92 Å². The van der Waals surface area contributed by atoms with Crippen LogP contribution in [0.25, 0.3) is 0 Å². The Morgan fingerprint density at radius 1 is 1.20 bits per heavy atom. The number of nitrogens with zero attached hydrogens (tertiary/aromatic N) is 1. The molecule has 1 heterocycles. The van der Waals surface area contributed by atoms with E-state index in [-0.39, 0.29) is 0 Å². The second-order valence-corrected chi connectivity index (χ2v) is 5.76. The predicted molar refractivity (Wildman–Crippen MR) is 86.5 cm³/mol. The molecule has 0 unspecified atom stereocenters. The Morgan fingerprint density at radius 3 is 2.65 bits per heavy atom. The lowest BCUT2D eigenvalue weighted by atomic mass is 9.97. The van der Waals surface area contributed by atoms with E-state index >= 15 is 0 Å². The maximum absolute atomic E-state index is 9.24. The van der Waals surface area contributed by atoms with Crippen molar-refractivity contribution in [3.63, 3.8) is 0 Å². The van der Waals surface area contributed by atoms with Gasteiger partial charge in [0.15, 0.2) is 0 Å². The number of hydrogen-bond donors (Lipinski definition) is 2. The number of anilines is 2. The number of benzene rings is 1. The topological polar surface area (TPSA) is 35.5 Å². The minimum Gasteiger partial charge on any atom is -0.396 e. The molecule has 3 nitrogen and oxygen atoms in total. The van der Waals surface area contributed by atoms with E-state index in [9.17, 15) is 5.11 Å². The third-order valence-electron chi connectivity index (χ3n) is 4.21. The molecular formula is C17H28N2O. The van der Waals surface area contributed by atoms with E-state index in [1.54, 1.807) is 0 Å². The number of rotatable bonds is 7. The molecule has 2 rings (SSSR count). The van der Waals surface area contributed by atoms with E-state index in [1.807, 2.05) is 0 Å². The lowest BCUT2D eigenvalue weighted by Gasteiger charge is -2.34. The molecule has 1 aromatic carbocycles. The molecule has 1 aromatic rings. The van der Waals surface area contributed by atoms with Crippen LogP contribution in [0.4, 0.5) is 11.4 Å². The van der Waals surface area contributed by atoms with Crippen LogP contribution >= 0.6 is 0 Å². The van der Waals surface area contributed by atoms with Crippen molar-refractivity contribution in [2.75, 3.05) is 36.5 Å². The highest BCUT2D eigenvalue weighted by Gasteiger charge is 2.20. The van der Waals surface area contributed by atoms with Crippen molar-refractivity contribution in [1.82, 2.24) is 0 Å². The summed E-state index contributed by atoms with van der Waals surface area (Å²) in [5.74, 6) is 0.496. The standard InChI is InChI=1S/C17H28N2O/c1-2-3-6-11-18-16-7-4-5-8-17(16)19-12-9-15(14-20)10-13-19/h4-5,7-8,15,18,20H,2-3,6,9-14H2,1H3. The number of nitrogens with one attached hydrogen (secondary N) is 1. The quantitative estimate of drug-likeness (QED) is 0.748. The molecule has 0 atom stereocenters. The summed E-state index contributed by atoms with van der Waals surface area (Å²) in [6, 6.07) is 8.61. The largest absolute Gasteiger partial charge is 0.396 e. The monoisotopic (exact) mass is 276 g/mol. The zero-order valence-corrected chi connectivity index (χ0v) is 12.6. The zero-order valence-electron chi connectivity index (χ0n) is 12.6. The fourth-order valence-corrected chi connectivity index (χ4v) is 2.85. The molecule has 20 heavy (non-hydrogen) atoms. The van der Waals surface area contributed by atoms with E-state index in [0.29, 0.717) is 12.5 Å². The number of piperidine rings is 1. The van der Waals surface area contributed by atoms with Crippen LogP contribution in [0.3, 0.4) is 0 Å². The summed E-state index contributed by atoms with van der Waals surface area (Å²) >= 11 is 0. The van der Waals surface area contributed by atoms with Gasteiger partial charge in [-0.25, -0.2) is 0 Å². The van der Waals surface area contributed by atoms with Crippen molar-refractivity contribution in [2.45, 2.75) is 39.0 Å². The summed E-state index contributed by atoms with van der Waals surface area (Å²) < 4.78 is 0.